The predicted octanol–water partition coefficient (Wildman–Crippen LogP) is 3.71. The molecule has 0 unspecified atom stereocenters. The molecule has 37 heavy (non-hydrogen) atoms. The maximum Gasteiger partial charge on any atom is 0.323 e. The summed E-state index contributed by atoms with van der Waals surface area (Å²) in [6.07, 6.45) is 2.29. The van der Waals surface area contributed by atoms with E-state index in [9.17, 15) is 19.1 Å². The molecule has 3 heterocycles. The number of aliphatic hydroxyl groups excluding tert-OH is 1. The van der Waals surface area contributed by atoms with Crippen molar-refractivity contribution in [2.75, 3.05) is 23.7 Å². The molecular formula is C24H19ClFN7O4. The Labute approximate surface area is 214 Å². The molecule has 1 aliphatic heterocycles. The van der Waals surface area contributed by atoms with Crippen LogP contribution in [0.3, 0.4) is 0 Å². The van der Waals surface area contributed by atoms with Crippen LogP contribution in [-0.2, 0) is 0 Å². The number of rotatable bonds is 6. The summed E-state index contributed by atoms with van der Waals surface area (Å²) >= 11 is 6.15. The standard InChI is InChI=1S/C24H19ClFN7O4/c25-17-3-1-2-4-20(17)33-13-19(30-31-33)23(35)28-14-5-6-21(18(26)9-14)37-16-7-8-27-22(10-16)29-24(36)32-11-15(34)12-32/h1-10,13,15,34H,11-12H2,(H,28,35)(H,27,29,36). The van der Waals surface area contributed by atoms with E-state index in [1.54, 1.807) is 24.3 Å². The number of β-amino-alcohol motifs (C(OH)–C–C–N with tert-alkyl or cyclic N) is 1. The first-order valence-corrected chi connectivity index (χ1v) is 11.4. The number of likely N-dealkylation sites (tertiary alicyclic amines) is 1. The van der Waals surface area contributed by atoms with E-state index in [-0.39, 0.29) is 41.8 Å². The Morgan fingerprint density at radius 1 is 1.11 bits per heavy atom. The van der Waals surface area contributed by atoms with Crippen LogP contribution in [0.2, 0.25) is 5.02 Å². The minimum atomic E-state index is -0.727. The number of hydrogen-bond donors (Lipinski definition) is 3. The highest BCUT2D eigenvalue weighted by atomic mass is 35.5. The third-order valence-corrected chi connectivity index (χ3v) is 5.68. The normalized spacial score (nSPS) is 13.1. The monoisotopic (exact) mass is 523 g/mol. The highest BCUT2D eigenvalue weighted by Crippen LogP contribution is 2.28. The van der Waals surface area contributed by atoms with Crippen LogP contribution >= 0.6 is 11.6 Å². The molecule has 0 spiro atoms. The molecule has 1 fully saturated rings. The van der Waals surface area contributed by atoms with E-state index in [0.717, 1.165) is 6.07 Å². The molecule has 13 heteroatoms. The summed E-state index contributed by atoms with van der Waals surface area (Å²) in [5.41, 5.74) is 0.753. The molecule has 3 amide bonds. The van der Waals surface area contributed by atoms with Crippen LogP contribution in [-0.4, -0.2) is 61.1 Å². The second-order valence-corrected chi connectivity index (χ2v) is 8.47. The lowest BCUT2D eigenvalue weighted by atomic mass is 10.2. The summed E-state index contributed by atoms with van der Waals surface area (Å²) in [4.78, 5) is 30.1. The molecule has 5 rings (SSSR count). The van der Waals surface area contributed by atoms with Gasteiger partial charge in [-0.2, -0.15) is 0 Å². The van der Waals surface area contributed by atoms with Crippen molar-refractivity contribution < 1.29 is 23.8 Å². The minimum Gasteiger partial charge on any atom is -0.454 e. The maximum absolute atomic E-state index is 14.7. The lowest BCUT2D eigenvalue weighted by Crippen LogP contribution is -2.54. The van der Waals surface area contributed by atoms with Gasteiger partial charge in [-0.15, -0.1) is 5.10 Å². The zero-order valence-corrected chi connectivity index (χ0v) is 19.8. The fraction of sp³-hybridized carbons (Fsp3) is 0.125. The van der Waals surface area contributed by atoms with Gasteiger partial charge in [0.15, 0.2) is 17.3 Å². The molecule has 0 aliphatic carbocycles. The number of amides is 3. The van der Waals surface area contributed by atoms with Gasteiger partial charge in [-0.25, -0.2) is 18.9 Å². The Kier molecular flexibility index (Phi) is 6.66. The number of carbonyl (C=O) groups excluding carboxylic acids is 2. The number of ether oxygens (including phenoxy) is 1. The number of aromatic nitrogens is 4. The largest absolute Gasteiger partial charge is 0.454 e. The Morgan fingerprint density at radius 3 is 2.68 bits per heavy atom. The van der Waals surface area contributed by atoms with Gasteiger partial charge in [-0.1, -0.05) is 28.9 Å². The number of carbonyl (C=O) groups is 2. The van der Waals surface area contributed by atoms with Crippen molar-refractivity contribution in [1.29, 1.82) is 0 Å². The molecule has 3 N–H and O–H groups in total. The lowest BCUT2D eigenvalue weighted by Gasteiger charge is -2.35. The van der Waals surface area contributed by atoms with Gasteiger partial charge in [0.1, 0.15) is 11.6 Å². The fourth-order valence-electron chi connectivity index (χ4n) is 3.46. The highest BCUT2D eigenvalue weighted by molar-refractivity contribution is 6.32. The van der Waals surface area contributed by atoms with Gasteiger partial charge in [0, 0.05) is 24.0 Å². The first-order chi connectivity index (χ1) is 17.9. The lowest BCUT2D eigenvalue weighted by molar-refractivity contribution is 0.0308. The summed E-state index contributed by atoms with van der Waals surface area (Å²) in [5, 5.41) is 22.7. The van der Waals surface area contributed by atoms with E-state index < -0.39 is 23.9 Å². The van der Waals surface area contributed by atoms with Gasteiger partial charge >= 0.3 is 6.03 Å². The van der Waals surface area contributed by atoms with E-state index in [1.807, 2.05) is 0 Å². The first-order valence-electron chi connectivity index (χ1n) is 11.0. The zero-order valence-electron chi connectivity index (χ0n) is 19.0. The maximum atomic E-state index is 14.7. The summed E-state index contributed by atoms with van der Waals surface area (Å²) in [6, 6.07) is 13.4. The number of hydrogen-bond acceptors (Lipinski definition) is 7. The molecule has 2 aromatic carbocycles. The average molecular weight is 524 g/mol. The van der Waals surface area contributed by atoms with Crippen LogP contribution in [0.4, 0.5) is 20.7 Å². The molecule has 0 radical (unpaired) electrons. The Balaban J connectivity index is 1.22. The molecule has 188 valence electrons. The first kappa shape index (κ1) is 24.2. The summed E-state index contributed by atoms with van der Waals surface area (Å²) in [5.74, 6) is -0.971. The quantitative estimate of drug-likeness (QED) is 0.350. The van der Waals surface area contributed by atoms with Gasteiger partial charge < -0.3 is 20.1 Å². The van der Waals surface area contributed by atoms with Gasteiger partial charge in [0.05, 0.1) is 36.1 Å². The molecule has 2 aromatic heterocycles. The third kappa shape index (κ3) is 5.50. The number of aliphatic hydroxyl groups is 1. The molecule has 1 saturated heterocycles. The molecular weight excluding hydrogens is 505 g/mol. The van der Waals surface area contributed by atoms with E-state index in [0.29, 0.717) is 10.7 Å². The molecule has 0 bridgehead atoms. The third-order valence-electron chi connectivity index (χ3n) is 5.36. The van der Waals surface area contributed by atoms with Crippen LogP contribution in [0.1, 0.15) is 10.5 Å². The number of nitrogens with one attached hydrogen (secondary N) is 2. The van der Waals surface area contributed by atoms with Crippen molar-refractivity contribution in [3.05, 3.63) is 83.5 Å². The number of halogens is 2. The number of pyridine rings is 1. The van der Waals surface area contributed by atoms with Crippen LogP contribution in [0.15, 0.2) is 67.0 Å². The number of anilines is 2. The van der Waals surface area contributed by atoms with Gasteiger partial charge in [-0.3, -0.25) is 10.1 Å². The van der Waals surface area contributed by atoms with Crippen LogP contribution < -0.4 is 15.4 Å². The van der Waals surface area contributed by atoms with Gasteiger partial charge in [-0.05, 0) is 30.3 Å². The average Bonchev–Trinajstić information content (AvgIpc) is 3.34. The van der Waals surface area contributed by atoms with E-state index in [1.165, 1.54) is 46.2 Å². The molecule has 4 aromatic rings. The second kappa shape index (κ2) is 10.2. The van der Waals surface area contributed by atoms with Gasteiger partial charge in [0.2, 0.25) is 0 Å². The highest BCUT2D eigenvalue weighted by Gasteiger charge is 2.29. The van der Waals surface area contributed by atoms with E-state index >= 15 is 0 Å². The molecule has 11 nitrogen and oxygen atoms in total. The van der Waals surface area contributed by atoms with E-state index in [2.05, 4.69) is 25.9 Å². The van der Waals surface area contributed by atoms with E-state index in [4.69, 9.17) is 16.3 Å². The summed E-state index contributed by atoms with van der Waals surface area (Å²) in [6.45, 7) is 0.492. The topological polar surface area (TPSA) is 134 Å². The smallest absolute Gasteiger partial charge is 0.323 e. The second-order valence-electron chi connectivity index (χ2n) is 8.07. The SMILES string of the molecule is O=C(Nc1ccc(Oc2ccnc(NC(=O)N3CC(O)C3)c2)c(F)c1)c1cn(-c2ccccc2Cl)nn1. The summed E-state index contributed by atoms with van der Waals surface area (Å²) in [7, 11) is 0. The predicted molar refractivity (Wildman–Crippen MR) is 132 cm³/mol. The Hall–Kier alpha value is -4.55. The molecule has 0 saturated carbocycles. The van der Waals surface area contributed by atoms with Crippen molar-refractivity contribution in [1.82, 2.24) is 24.9 Å². The van der Waals surface area contributed by atoms with Crippen LogP contribution in [0.25, 0.3) is 5.69 Å². The number of urea groups is 1. The van der Waals surface area contributed by atoms with Gasteiger partial charge in [0.25, 0.3) is 5.91 Å². The number of nitrogens with zero attached hydrogens (tertiary/aromatic N) is 5. The van der Waals surface area contributed by atoms with Crippen molar-refractivity contribution in [3.8, 4) is 17.2 Å². The van der Waals surface area contributed by atoms with Crippen LogP contribution in [0, 0.1) is 5.82 Å². The van der Waals surface area contributed by atoms with Crippen molar-refractivity contribution in [2.24, 2.45) is 0 Å². The van der Waals surface area contributed by atoms with Crippen molar-refractivity contribution in [2.45, 2.75) is 6.10 Å². The summed E-state index contributed by atoms with van der Waals surface area (Å²) < 4.78 is 21.7. The number of para-hydroxylation sites is 1. The molecule has 0 atom stereocenters. The minimum absolute atomic E-state index is 0.0137. The number of benzene rings is 2. The Bertz CT molecular complexity index is 1470. The van der Waals surface area contributed by atoms with Crippen molar-refractivity contribution in [3.63, 3.8) is 0 Å². The Morgan fingerprint density at radius 2 is 1.92 bits per heavy atom. The zero-order chi connectivity index (χ0) is 25.9. The fourth-order valence-corrected chi connectivity index (χ4v) is 3.68. The van der Waals surface area contributed by atoms with Crippen molar-refractivity contribution >= 4 is 35.0 Å². The van der Waals surface area contributed by atoms with Crippen LogP contribution in [0.5, 0.6) is 11.5 Å². The molecule has 1 aliphatic rings.